The fraction of sp³-hybridized carbons (Fsp3) is 0.714. The summed E-state index contributed by atoms with van der Waals surface area (Å²) in [6, 6.07) is 0. The molecule has 108 valence electrons. The number of aromatic nitrogens is 2. The summed E-state index contributed by atoms with van der Waals surface area (Å²) < 4.78 is 5.28. The number of aromatic amines is 1. The van der Waals surface area contributed by atoms with E-state index < -0.39 is 11.6 Å². The Morgan fingerprint density at radius 3 is 2.58 bits per heavy atom. The van der Waals surface area contributed by atoms with Crippen LogP contribution in [0.3, 0.4) is 0 Å². The van der Waals surface area contributed by atoms with E-state index in [9.17, 15) is 9.90 Å². The van der Waals surface area contributed by atoms with Gasteiger partial charge in [0.1, 0.15) is 11.4 Å². The zero-order chi connectivity index (χ0) is 14.5. The van der Waals surface area contributed by atoms with Crippen molar-refractivity contribution in [3.8, 4) is 0 Å². The maximum Gasteiger partial charge on any atom is 0.357 e. The highest BCUT2D eigenvalue weighted by Crippen LogP contribution is 2.15. The molecule has 0 bridgehead atoms. The molecule has 0 unspecified atom stereocenters. The highest BCUT2D eigenvalue weighted by atomic mass is 16.6. The number of aryl methyl sites for hydroxylation is 1. The molecule has 0 fully saturated rings. The lowest BCUT2D eigenvalue weighted by Gasteiger charge is -2.19. The van der Waals surface area contributed by atoms with Crippen LogP contribution in [0.1, 0.15) is 69.0 Å². The van der Waals surface area contributed by atoms with E-state index in [1.165, 1.54) is 0 Å². The number of esters is 1. The van der Waals surface area contributed by atoms with Crippen LogP contribution in [-0.4, -0.2) is 26.6 Å². The Hall–Kier alpha value is -1.36. The molecule has 0 saturated carbocycles. The second kappa shape index (κ2) is 6.70. The summed E-state index contributed by atoms with van der Waals surface area (Å²) in [5.41, 5.74) is 0.0711. The molecule has 0 aromatic carbocycles. The first-order chi connectivity index (χ1) is 8.87. The molecule has 0 aliphatic rings. The number of H-pyrrole nitrogens is 1. The van der Waals surface area contributed by atoms with E-state index in [0.29, 0.717) is 5.69 Å². The highest BCUT2D eigenvalue weighted by molar-refractivity contribution is 5.88. The van der Waals surface area contributed by atoms with Crippen LogP contribution < -0.4 is 0 Å². The molecule has 1 aromatic heterocycles. The molecule has 19 heavy (non-hydrogen) atoms. The number of rotatable bonds is 6. The molecule has 0 saturated heterocycles. The van der Waals surface area contributed by atoms with Gasteiger partial charge < -0.3 is 14.8 Å². The molecule has 0 aliphatic carbocycles. The van der Waals surface area contributed by atoms with Crippen molar-refractivity contribution in [2.45, 2.75) is 65.6 Å². The molecule has 0 atom stereocenters. The minimum absolute atomic E-state index is 0.265. The van der Waals surface area contributed by atoms with E-state index in [4.69, 9.17) is 4.74 Å². The molecular weight excluding hydrogens is 244 g/mol. The lowest BCUT2D eigenvalue weighted by molar-refractivity contribution is 0.00601. The van der Waals surface area contributed by atoms with Crippen LogP contribution in [0.4, 0.5) is 0 Å². The Labute approximate surface area is 114 Å². The maximum absolute atomic E-state index is 12.0. The quantitative estimate of drug-likeness (QED) is 0.614. The van der Waals surface area contributed by atoms with Crippen molar-refractivity contribution in [1.82, 2.24) is 9.97 Å². The van der Waals surface area contributed by atoms with Gasteiger partial charge in [-0.05, 0) is 27.2 Å². The summed E-state index contributed by atoms with van der Waals surface area (Å²) in [5, 5.41) is 9.26. The number of aliphatic hydroxyl groups excluding tert-OH is 1. The standard InChI is InChI=1S/C14H24N2O3/c1-5-6-7-8-11-15-10(9-17)12(16-11)13(18)19-14(2,3)4/h17H,5-9H2,1-4H3,(H,15,16). The molecule has 0 amide bonds. The number of aliphatic hydroxyl groups is 1. The van der Waals surface area contributed by atoms with Crippen LogP contribution in [0.15, 0.2) is 0 Å². The van der Waals surface area contributed by atoms with E-state index in [1.807, 2.05) is 20.8 Å². The number of hydrogen-bond acceptors (Lipinski definition) is 4. The first-order valence-corrected chi connectivity index (χ1v) is 6.79. The van der Waals surface area contributed by atoms with Gasteiger partial charge in [-0.15, -0.1) is 0 Å². The number of carbonyl (C=O) groups is 1. The van der Waals surface area contributed by atoms with Gasteiger partial charge in [0.15, 0.2) is 5.69 Å². The third-order valence-corrected chi connectivity index (χ3v) is 2.60. The molecule has 2 N–H and O–H groups in total. The molecule has 0 aliphatic heterocycles. The minimum atomic E-state index is -0.558. The first-order valence-electron chi connectivity index (χ1n) is 6.79. The van der Waals surface area contributed by atoms with Gasteiger partial charge in [-0.3, -0.25) is 0 Å². The first kappa shape index (κ1) is 15.7. The third kappa shape index (κ3) is 5.03. The summed E-state index contributed by atoms with van der Waals surface area (Å²) >= 11 is 0. The van der Waals surface area contributed by atoms with E-state index in [0.717, 1.165) is 31.5 Å². The Morgan fingerprint density at radius 1 is 1.37 bits per heavy atom. The SMILES string of the molecule is CCCCCc1nc(CO)c(C(=O)OC(C)(C)C)[nH]1. The summed E-state index contributed by atoms with van der Waals surface area (Å²) in [7, 11) is 0. The molecule has 1 rings (SSSR count). The zero-order valence-electron chi connectivity index (χ0n) is 12.2. The van der Waals surface area contributed by atoms with Crippen molar-refractivity contribution in [3.05, 3.63) is 17.2 Å². The van der Waals surface area contributed by atoms with Crippen LogP contribution in [0.25, 0.3) is 0 Å². The van der Waals surface area contributed by atoms with E-state index in [2.05, 4.69) is 16.9 Å². The largest absolute Gasteiger partial charge is 0.455 e. The number of hydrogen-bond donors (Lipinski definition) is 2. The second-order valence-corrected chi connectivity index (χ2v) is 5.62. The number of nitrogens with zero attached hydrogens (tertiary/aromatic N) is 1. The Balaban J connectivity index is 2.79. The van der Waals surface area contributed by atoms with Crippen molar-refractivity contribution >= 4 is 5.97 Å². The smallest absolute Gasteiger partial charge is 0.357 e. The maximum atomic E-state index is 12.0. The van der Waals surface area contributed by atoms with Crippen LogP contribution in [0, 0.1) is 0 Å². The summed E-state index contributed by atoms with van der Waals surface area (Å²) in [4.78, 5) is 19.2. The van der Waals surface area contributed by atoms with Gasteiger partial charge in [0.25, 0.3) is 0 Å². The number of nitrogens with one attached hydrogen (secondary N) is 1. The minimum Gasteiger partial charge on any atom is -0.455 e. The molecule has 0 spiro atoms. The van der Waals surface area contributed by atoms with E-state index in [1.54, 1.807) is 0 Å². The topological polar surface area (TPSA) is 75.2 Å². The van der Waals surface area contributed by atoms with Gasteiger partial charge in [-0.1, -0.05) is 19.8 Å². The summed E-state index contributed by atoms with van der Waals surface area (Å²) in [6.45, 7) is 7.29. The van der Waals surface area contributed by atoms with Gasteiger partial charge >= 0.3 is 5.97 Å². The highest BCUT2D eigenvalue weighted by Gasteiger charge is 2.23. The van der Waals surface area contributed by atoms with Crippen LogP contribution in [-0.2, 0) is 17.8 Å². The number of carbonyl (C=O) groups excluding carboxylic acids is 1. The average molecular weight is 268 g/mol. The van der Waals surface area contributed by atoms with Crippen LogP contribution >= 0.6 is 0 Å². The van der Waals surface area contributed by atoms with Gasteiger partial charge in [0.05, 0.1) is 12.3 Å². The fourth-order valence-corrected chi connectivity index (χ4v) is 1.74. The van der Waals surface area contributed by atoms with E-state index in [-0.39, 0.29) is 12.3 Å². The average Bonchev–Trinajstić information content (AvgIpc) is 2.70. The van der Waals surface area contributed by atoms with Crippen molar-refractivity contribution in [3.63, 3.8) is 0 Å². The van der Waals surface area contributed by atoms with Gasteiger partial charge in [0.2, 0.25) is 0 Å². The Kier molecular flexibility index (Phi) is 5.54. The van der Waals surface area contributed by atoms with Gasteiger partial charge in [0, 0.05) is 6.42 Å². The third-order valence-electron chi connectivity index (χ3n) is 2.60. The Morgan fingerprint density at radius 2 is 2.05 bits per heavy atom. The van der Waals surface area contributed by atoms with Crippen LogP contribution in [0.5, 0.6) is 0 Å². The number of ether oxygens (including phenoxy) is 1. The van der Waals surface area contributed by atoms with E-state index >= 15 is 0 Å². The van der Waals surface area contributed by atoms with Crippen LogP contribution in [0.2, 0.25) is 0 Å². The predicted molar refractivity (Wildman–Crippen MR) is 72.9 cm³/mol. The molecule has 0 radical (unpaired) electrons. The summed E-state index contributed by atoms with van der Waals surface area (Å²) in [5.74, 6) is 0.268. The Bertz CT molecular complexity index is 419. The number of imidazole rings is 1. The number of unbranched alkanes of at least 4 members (excludes halogenated alkanes) is 2. The van der Waals surface area contributed by atoms with Crippen molar-refractivity contribution in [2.24, 2.45) is 0 Å². The van der Waals surface area contributed by atoms with Gasteiger partial charge in [-0.25, -0.2) is 9.78 Å². The second-order valence-electron chi connectivity index (χ2n) is 5.62. The molecular formula is C14H24N2O3. The van der Waals surface area contributed by atoms with Crippen molar-refractivity contribution in [1.29, 1.82) is 0 Å². The predicted octanol–water partition coefficient (Wildman–Crippen LogP) is 2.59. The molecule has 5 heteroatoms. The summed E-state index contributed by atoms with van der Waals surface area (Å²) in [6.07, 6.45) is 4.05. The normalized spacial score (nSPS) is 11.6. The zero-order valence-corrected chi connectivity index (χ0v) is 12.2. The molecule has 1 heterocycles. The van der Waals surface area contributed by atoms with Gasteiger partial charge in [-0.2, -0.15) is 0 Å². The van der Waals surface area contributed by atoms with Crippen molar-refractivity contribution in [2.75, 3.05) is 0 Å². The lowest BCUT2D eigenvalue weighted by atomic mass is 10.2. The van der Waals surface area contributed by atoms with Crippen molar-refractivity contribution < 1.29 is 14.6 Å². The molecule has 5 nitrogen and oxygen atoms in total. The lowest BCUT2D eigenvalue weighted by Crippen LogP contribution is -2.24. The monoisotopic (exact) mass is 268 g/mol. The fourth-order valence-electron chi connectivity index (χ4n) is 1.74. The molecule has 1 aromatic rings.